The van der Waals surface area contributed by atoms with Gasteiger partial charge >= 0.3 is 0 Å². The van der Waals surface area contributed by atoms with Gasteiger partial charge in [0.05, 0.1) is 10.2 Å². The van der Waals surface area contributed by atoms with Crippen LogP contribution in [0.2, 0.25) is 0 Å². The van der Waals surface area contributed by atoms with Gasteiger partial charge in [-0.15, -0.1) is 0 Å². The van der Waals surface area contributed by atoms with Crippen LogP contribution >= 0.6 is 11.3 Å². The Bertz CT molecular complexity index is 512. The van der Waals surface area contributed by atoms with Crippen molar-refractivity contribution in [3.63, 3.8) is 0 Å². The molecule has 17 heavy (non-hydrogen) atoms. The lowest BCUT2D eigenvalue weighted by molar-refractivity contribution is 0.580. The number of aryl methyl sites for hydroxylation is 1. The van der Waals surface area contributed by atoms with Crippen LogP contribution in [-0.2, 0) is 0 Å². The van der Waals surface area contributed by atoms with E-state index in [2.05, 4.69) is 35.4 Å². The van der Waals surface area contributed by atoms with E-state index in [0.29, 0.717) is 0 Å². The summed E-state index contributed by atoms with van der Waals surface area (Å²) in [5, 5.41) is 4.58. The number of anilines is 1. The molecule has 3 rings (SSSR count). The van der Waals surface area contributed by atoms with Crippen molar-refractivity contribution in [1.82, 2.24) is 4.98 Å². The summed E-state index contributed by atoms with van der Waals surface area (Å²) < 4.78 is 1.29. The molecule has 1 aliphatic rings. The first kappa shape index (κ1) is 11.0. The zero-order valence-corrected chi connectivity index (χ0v) is 11.0. The van der Waals surface area contributed by atoms with Gasteiger partial charge in [0.2, 0.25) is 0 Å². The van der Waals surface area contributed by atoms with Crippen molar-refractivity contribution >= 4 is 26.7 Å². The Labute approximate surface area is 106 Å². The lowest BCUT2D eigenvalue weighted by atomic mass is 10.1. The molecule has 0 atom stereocenters. The van der Waals surface area contributed by atoms with E-state index in [-0.39, 0.29) is 0 Å². The molecule has 1 aromatic carbocycles. The average Bonchev–Trinajstić information content (AvgIpc) is 2.94. The number of benzene rings is 1. The predicted octanol–water partition coefficient (Wildman–Crippen LogP) is 4.21. The summed E-state index contributed by atoms with van der Waals surface area (Å²) in [5.74, 6) is 0.865. The fourth-order valence-corrected chi connectivity index (χ4v) is 3.52. The van der Waals surface area contributed by atoms with E-state index < -0.39 is 0 Å². The maximum absolute atomic E-state index is 4.62. The molecule has 0 saturated heterocycles. The predicted molar refractivity (Wildman–Crippen MR) is 74.8 cm³/mol. The Balaban J connectivity index is 1.72. The van der Waals surface area contributed by atoms with Crippen LogP contribution in [0.3, 0.4) is 0 Å². The van der Waals surface area contributed by atoms with Crippen molar-refractivity contribution in [2.45, 2.75) is 32.6 Å². The van der Waals surface area contributed by atoms with Gasteiger partial charge < -0.3 is 5.32 Å². The summed E-state index contributed by atoms with van der Waals surface area (Å²) >= 11 is 1.77. The zero-order valence-electron chi connectivity index (χ0n) is 10.2. The summed E-state index contributed by atoms with van der Waals surface area (Å²) in [7, 11) is 0. The van der Waals surface area contributed by atoms with Crippen LogP contribution in [0.1, 0.15) is 31.2 Å². The Hall–Kier alpha value is -1.09. The number of nitrogens with zero attached hydrogens (tertiary/aromatic N) is 1. The number of hydrogen-bond donors (Lipinski definition) is 1. The van der Waals surface area contributed by atoms with Gasteiger partial charge in [0.15, 0.2) is 5.13 Å². The van der Waals surface area contributed by atoms with Crippen molar-refractivity contribution in [1.29, 1.82) is 0 Å². The number of fused-ring (bicyclic) bond motifs is 1. The molecule has 2 nitrogen and oxygen atoms in total. The van der Waals surface area contributed by atoms with Crippen molar-refractivity contribution in [2.24, 2.45) is 5.92 Å². The molecule has 90 valence electrons. The SMILES string of the molecule is Cc1ccc2nc(NCC3CCCC3)sc2c1. The van der Waals surface area contributed by atoms with Crippen LogP contribution in [0, 0.1) is 12.8 Å². The number of aromatic nitrogens is 1. The van der Waals surface area contributed by atoms with E-state index in [1.807, 2.05) is 0 Å². The first-order chi connectivity index (χ1) is 8.31. The van der Waals surface area contributed by atoms with Crippen LogP contribution in [0.15, 0.2) is 18.2 Å². The van der Waals surface area contributed by atoms with E-state index in [1.54, 1.807) is 11.3 Å². The second-order valence-corrected chi connectivity index (χ2v) is 6.05. The highest BCUT2D eigenvalue weighted by molar-refractivity contribution is 7.22. The molecule has 0 aliphatic heterocycles. The number of hydrogen-bond acceptors (Lipinski definition) is 3. The van der Waals surface area contributed by atoms with Crippen LogP contribution in [0.25, 0.3) is 10.2 Å². The minimum atomic E-state index is 0.865. The second kappa shape index (κ2) is 4.65. The minimum absolute atomic E-state index is 0.865. The fourth-order valence-electron chi connectivity index (χ4n) is 2.55. The molecule has 0 bridgehead atoms. The number of nitrogens with one attached hydrogen (secondary N) is 1. The highest BCUT2D eigenvalue weighted by Gasteiger charge is 2.15. The van der Waals surface area contributed by atoms with Gasteiger partial charge in [-0.2, -0.15) is 0 Å². The van der Waals surface area contributed by atoms with Gasteiger partial charge in [-0.25, -0.2) is 4.98 Å². The first-order valence-electron chi connectivity index (χ1n) is 6.42. The fraction of sp³-hybridized carbons (Fsp3) is 0.500. The molecule has 0 amide bonds. The molecule has 1 saturated carbocycles. The monoisotopic (exact) mass is 246 g/mol. The van der Waals surface area contributed by atoms with Crippen LogP contribution in [-0.4, -0.2) is 11.5 Å². The smallest absolute Gasteiger partial charge is 0.183 e. The van der Waals surface area contributed by atoms with Crippen LogP contribution in [0.4, 0.5) is 5.13 Å². The van der Waals surface area contributed by atoms with Gasteiger partial charge in [-0.1, -0.05) is 30.2 Å². The summed E-state index contributed by atoms with van der Waals surface area (Å²) in [4.78, 5) is 4.62. The number of rotatable bonds is 3. The Morgan fingerprint density at radius 2 is 2.18 bits per heavy atom. The Morgan fingerprint density at radius 3 is 3.00 bits per heavy atom. The van der Waals surface area contributed by atoms with Gasteiger partial charge in [-0.05, 0) is 43.4 Å². The number of thiazole rings is 1. The molecule has 1 aromatic heterocycles. The van der Waals surface area contributed by atoms with Crippen molar-refractivity contribution in [2.75, 3.05) is 11.9 Å². The molecule has 1 fully saturated rings. The molecule has 0 radical (unpaired) electrons. The molecule has 0 unspecified atom stereocenters. The molecular weight excluding hydrogens is 228 g/mol. The summed E-state index contributed by atoms with van der Waals surface area (Å²) in [6.45, 7) is 3.23. The molecule has 1 N–H and O–H groups in total. The maximum atomic E-state index is 4.62. The highest BCUT2D eigenvalue weighted by atomic mass is 32.1. The summed E-state index contributed by atoms with van der Waals surface area (Å²) in [6, 6.07) is 6.46. The van der Waals surface area contributed by atoms with Gasteiger partial charge in [0.1, 0.15) is 0 Å². The van der Waals surface area contributed by atoms with Crippen LogP contribution in [0.5, 0.6) is 0 Å². The topological polar surface area (TPSA) is 24.9 Å². The molecule has 3 heteroatoms. The molecule has 1 heterocycles. The van der Waals surface area contributed by atoms with Gasteiger partial charge in [-0.3, -0.25) is 0 Å². The standard InChI is InChI=1S/C14H18N2S/c1-10-6-7-12-13(8-10)17-14(16-12)15-9-11-4-2-3-5-11/h6-8,11H,2-5,9H2,1H3,(H,15,16). The third kappa shape index (κ3) is 2.44. The second-order valence-electron chi connectivity index (χ2n) is 5.02. The molecule has 0 spiro atoms. The van der Waals surface area contributed by atoms with Crippen molar-refractivity contribution in [3.8, 4) is 0 Å². The minimum Gasteiger partial charge on any atom is -0.361 e. The normalized spacial score (nSPS) is 16.8. The lowest BCUT2D eigenvalue weighted by Crippen LogP contribution is -2.10. The largest absolute Gasteiger partial charge is 0.361 e. The summed E-state index contributed by atoms with van der Waals surface area (Å²) in [6.07, 6.45) is 5.59. The van der Waals surface area contributed by atoms with E-state index in [1.165, 1.54) is 35.9 Å². The van der Waals surface area contributed by atoms with Crippen molar-refractivity contribution < 1.29 is 0 Å². The first-order valence-corrected chi connectivity index (χ1v) is 7.24. The molecular formula is C14H18N2S. The molecule has 1 aliphatic carbocycles. The highest BCUT2D eigenvalue weighted by Crippen LogP contribution is 2.29. The summed E-state index contributed by atoms with van der Waals surface area (Å²) in [5.41, 5.74) is 2.43. The Kier molecular flexibility index (Phi) is 3.02. The van der Waals surface area contributed by atoms with E-state index in [4.69, 9.17) is 0 Å². The van der Waals surface area contributed by atoms with Crippen LogP contribution < -0.4 is 5.32 Å². The zero-order chi connectivity index (χ0) is 11.7. The third-order valence-electron chi connectivity index (χ3n) is 3.56. The van der Waals surface area contributed by atoms with E-state index >= 15 is 0 Å². The quantitative estimate of drug-likeness (QED) is 0.877. The van der Waals surface area contributed by atoms with E-state index in [9.17, 15) is 0 Å². The van der Waals surface area contributed by atoms with Gasteiger partial charge in [0.25, 0.3) is 0 Å². The van der Waals surface area contributed by atoms with Gasteiger partial charge in [0, 0.05) is 6.54 Å². The average molecular weight is 246 g/mol. The van der Waals surface area contributed by atoms with E-state index in [0.717, 1.165) is 23.1 Å². The lowest BCUT2D eigenvalue weighted by Gasteiger charge is -2.08. The molecule has 2 aromatic rings. The maximum Gasteiger partial charge on any atom is 0.183 e. The Morgan fingerprint density at radius 1 is 1.35 bits per heavy atom. The van der Waals surface area contributed by atoms with Crippen molar-refractivity contribution in [3.05, 3.63) is 23.8 Å². The third-order valence-corrected chi connectivity index (χ3v) is 4.54.